The van der Waals surface area contributed by atoms with Crippen molar-refractivity contribution in [2.24, 2.45) is 0 Å². The van der Waals surface area contributed by atoms with Gasteiger partial charge in [-0.3, -0.25) is 4.79 Å². The summed E-state index contributed by atoms with van der Waals surface area (Å²) in [6.45, 7) is 1.80. The lowest BCUT2D eigenvalue weighted by atomic mass is 9.90. The van der Waals surface area contributed by atoms with E-state index >= 15 is 0 Å². The van der Waals surface area contributed by atoms with Gasteiger partial charge in [-0.15, -0.1) is 5.10 Å². The predicted molar refractivity (Wildman–Crippen MR) is 138 cm³/mol. The molecule has 0 saturated carbocycles. The number of rotatable bonds is 6. The standard InChI is InChI=1S/C27H32FN5O6/c28-18-4-1-3-17(15-18)21-16-33(30-29-21)23-24(36)22(9-14-34)39-26(25(23)37)27(38)32-11-2-10-31(12-13-32)19-5-7-20(35)8-6-19/h1,3-8,15-16,22-26,34-37H,2,9-14H2/t22-,23+,24+,25-,26-/m1/s1. The Morgan fingerprint density at radius 1 is 1.05 bits per heavy atom. The van der Waals surface area contributed by atoms with Crippen LogP contribution >= 0.6 is 0 Å². The minimum Gasteiger partial charge on any atom is -0.508 e. The molecule has 3 heterocycles. The second-order valence-corrected chi connectivity index (χ2v) is 9.86. The maximum atomic E-state index is 13.7. The summed E-state index contributed by atoms with van der Waals surface area (Å²) < 4.78 is 20.9. The smallest absolute Gasteiger partial charge is 0.254 e. The fourth-order valence-electron chi connectivity index (χ4n) is 5.28. The number of phenols is 1. The first kappa shape index (κ1) is 27.0. The summed E-state index contributed by atoms with van der Waals surface area (Å²) >= 11 is 0. The summed E-state index contributed by atoms with van der Waals surface area (Å²) in [5.41, 5.74) is 1.74. The van der Waals surface area contributed by atoms with Crippen molar-refractivity contribution >= 4 is 11.6 Å². The number of aromatic hydroxyl groups is 1. The SMILES string of the molecule is O=C([C@@H]1O[C@H](CCO)[C@H](O)[C@H](n2cc(-c3cccc(F)c3)nn2)[C@H]1O)N1CCCN(c2ccc(O)cc2)CC1. The third-order valence-corrected chi connectivity index (χ3v) is 7.33. The van der Waals surface area contributed by atoms with Crippen molar-refractivity contribution in [1.82, 2.24) is 19.9 Å². The molecule has 2 fully saturated rings. The molecule has 1 amide bonds. The summed E-state index contributed by atoms with van der Waals surface area (Å²) in [4.78, 5) is 17.4. The Morgan fingerprint density at radius 2 is 1.85 bits per heavy atom. The van der Waals surface area contributed by atoms with Crippen LogP contribution in [0.25, 0.3) is 11.3 Å². The number of aliphatic hydroxyl groups excluding tert-OH is 3. The molecule has 2 aliphatic rings. The van der Waals surface area contributed by atoms with Crippen LogP contribution in [-0.2, 0) is 9.53 Å². The number of ether oxygens (including phenoxy) is 1. The molecule has 1 aromatic heterocycles. The van der Waals surface area contributed by atoms with Crippen molar-refractivity contribution in [3.63, 3.8) is 0 Å². The van der Waals surface area contributed by atoms with Crippen LogP contribution < -0.4 is 4.90 Å². The van der Waals surface area contributed by atoms with Crippen LogP contribution in [0, 0.1) is 5.82 Å². The third kappa shape index (κ3) is 5.74. The number of carbonyl (C=O) groups is 1. The van der Waals surface area contributed by atoms with Crippen LogP contribution in [0.1, 0.15) is 18.9 Å². The van der Waals surface area contributed by atoms with E-state index in [0.29, 0.717) is 43.9 Å². The zero-order chi connectivity index (χ0) is 27.5. The highest BCUT2D eigenvalue weighted by Crippen LogP contribution is 2.33. The molecule has 39 heavy (non-hydrogen) atoms. The van der Waals surface area contributed by atoms with Gasteiger partial charge in [0.2, 0.25) is 0 Å². The van der Waals surface area contributed by atoms with E-state index in [1.165, 1.54) is 29.1 Å². The van der Waals surface area contributed by atoms with Crippen LogP contribution in [-0.4, -0.2) is 103 Å². The Morgan fingerprint density at radius 3 is 2.59 bits per heavy atom. The first-order valence-electron chi connectivity index (χ1n) is 13.0. The quantitative estimate of drug-likeness (QED) is 0.358. The van der Waals surface area contributed by atoms with E-state index in [4.69, 9.17) is 4.74 Å². The molecule has 3 aromatic rings. The van der Waals surface area contributed by atoms with Gasteiger partial charge in [-0.1, -0.05) is 17.3 Å². The molecular formula is C27H32FN5O6. The van der Waals surface area contributed by atoms with Crippen molar-refractivity contribution in [3.8, 4) is 17.0 Å². The normalized spacial score (nSPS) is 25.9. The van der Waals surface area contributed by atoms with Gasteiger partial charge in [-0.2, -0.15) is 0 Å². The minimum atomic E-state index is -1.46. The van der Waals surface area contributed by atoms with Crippen LogP contribution in [0.4, 0.5) is 10.1 Å². The van der Waals surface area contributed by atoms with Crippen molar-refractivity contribution in [3.05, 3.63) is 60.5 Å². The highest BCUT2D eigenvalue weighted by Gasteiger charge is 2.49. The number of nitrogens with zero attached hydrogens (tertiary/aromatic N) is 5. The van der Waals surface area contributed by atoms with Gasteiger partial charge < -0.3 is 35.0 Å². The molecule has 0 spiro atoms. The number of amides is 1. The van der Waals surface area contributed by atoms with Crippen LogP contribution in [0.5, 0.6) is 5.75 Å². The average Bonchev–Trinajstić information content (AvgIpc) is 3.28. The monoisotopic (exact) mass is 541 g/mol. The third-order valence-electron chi connectivity index (χ3n) is 7.33. The lowest BCUT2D eigenvalue weighted by molar-refractivity contribution is -0.207. The Hall–Kier alpha value is -3.58. The number of carbonyl (C=O) groups excluding carboxylic acids is 1. The van der Waals surface area contributed by atoms with Gasteiger partial charge >= 0.3 is 0 Å². The number of hydrogen-bond donors (Lipinski definition) is 4. The fraction of sp³-hybridized carbons (Fsp3) is 0.444. The summed E-state index contributed by atoms with van der Waals surface area (Å²) in [7, 11) is 0. The van der Waals surface area contributed by atoms with Crippen molar-refractivity contribution < 1.29 is 34.3 Å². The Balaban J connectivity index is 1.35. The molecule has 5 atom stereocenters. The molecule has 0 aliphatic carbocycles. The number of aromatic nitrogens is 3. The van der Waals surface area contributed by atoms with Crippen molar-refractivity contribution in [2.75, 3.05) is 37.7 Å². The Kier molecular flexibility index (Phi) is 8.07. The van der Waals surface area contributed by atoms with Gasteiger partial charge in [-0.05, 0) is 49.2 Å². The van der Waals surface area contributed by atoms with Gasteiger partial charge in [-0.25, -0.2) is 9.07 Å². The summed E-state index contributed by atoms with van der Waals surface area (Å²) in [6, 6.07) is 11.6. The molecule has 0 bridgehead atoms. The molecular weight excluding hydrogens is 509 g/mol. The van der Waals surface area contributed by atoms with E-state index in [2.05, 4.69) is 15.2 Å². The van der Waals surface area contributed by atoms with E-state index in [-0.39, 0.29) is 18.8 Å². The molecule has 11 nitrogen and oxygen atoms in total. The largest absolute Gasteiger partial charge is 0.508 e. The molecule has 208 valence electrons. The zero-order valence-electron chi connectivity index (χ0n) is 21.3. The minimum absolute atomic E-state index is 0.0498. The van der Waals surface area contributed by atoms with E-state index in [1.54, 1.807) is 23.1 Å². The first-order chi connectivity index (χ1) is 18.9. The van der Waals surface area contributed by atoms with Crippen molar-refractivity contribution in [2.45, 2.75) is 43.3 Å². The van der Waals surface area contributed by atoms with Crippen molar-refractivity contribution in [1.29, 1.82) is 0 Å². The Bertz CT molecular complexity index is 1270. The molecule has 2 aromatic carbocycles. The van der Waals surface area contributed by atoms with Gasteiger partial charge in [0.25, 0.3) is 5.91 Å². The fourth-order valence-corrected chi connectivity index (χ4v) is 5.28. The summed E-state index contributed by atoms with van der Waals surface area (Å²) in [5.74, 6) is -0.679. The number of halogens is 1. The van der Waals surface area contributed by atoms with Gasteiger partial charge in [0.15, 0.2) is 6.10 Å². The van der Waals surface area contributed by atoms with E-state index in [0.717, 1.165) is 5.69 Å². The number of benzene rings is 2. The van der Waals surface area contributed by atoms with E-state index in [1.807, 2.05) is 12.1 Å². The van der Waals surface area contributed by atoms with Crippen LogP contribution in [0.3, 0.4) is 0 Å². The lowest BCUT2D eigenvalue weighted by Crippen LogP contribution is -2.60. The molecule has 5 rings (SSSR count). The number of aliphatic hydroxyl groups is 3. The average molecular weight is 542 g/mol. The summed E-state index contributed by atoms with van der Waals surface area (Å²) in [5, 5.41) is 49.6. The van der Waals surface area contributed by atoms with Gasteiger partial charge in [0.1, 0.15) is 35.5 Å². The van der Waals surface area contributed by atoms with E-state index in [9.17, 15) is 29.6 Å². The topological polar surface area (TPSA) is 144 Å². The predicted octanol–water partition coefficient (Wildman–Crippen LogP) is 0.941. The van der Waals surface area contributed by atoms with E-state index < -0.39 is 42.2 Å². The zero-order valence-corrected chi connectivity index (χ0v) is 21.3. The summed E-state index contributed by atoms with van der Waals surface area (Å²) in [6.07, 6.45) is -2.75. The molecule has 4 N–H and O–H groups in total. The molecule has 0 radical (unpaired) electrons. The molecule has 0 unspecified atom stereocenters. The first-order valence-corrected chi connectivity index (χ1v) is 13.0. The molecule has 2 aliphatic heterocycles. The highest BCUT2D eigenvalue weighted by molar-refractivity contribution is 5.82. The maximum absolute atomic E-state index is 13.7. The number of phenolic OH excluding ortho intramolecular Hbond substituents is 1. The maximum Gasteiger partial charge on any atom is 0.254 e. The van der Waals surface area contributed by atoms with Crippen LogP contribution in [0.2, 0.25) is 0 Å². The van der Waals surface area contributed by atoms with Gasteiger partial charge in [0, 0.05) is 44.0 Å². The molecule has 2 saturated heterocycles. The second kappa shape index (κ2) is 11.7. The second-order valence-electron chi connectivity index (χ2n) is 9.86. The lowest BCUT2D eigenvalue weighted by Gasteiger charge is -2.43. The molecule has 12 heteroatoms. The highest BCUT2D eigenvalue weighted by atomic mass is 19.1. The Labute approximate surface area is 224 Å². The number of hydrogen-bond acceptors (Lipinski definition) is 9. The van der Waals surface area contributed by atoms with Gasteiger partial charge in [0.05, 0.1) is 12.3 Å². The number of anilines is 1. The van der Waals surface area contributed by atoms with Crippen LogP contribution in [0.15, 0.2) is 54.7 Å².